The molecule has 1 amide bonds. The fourth-order valence-electron chi connectivity index (χ4n) is 6.23. The fraction of sp³-hybridized carbons (Fsp3) is 0.759. The van der Waals surface area contributed by atoms with E-state index in [9.17, 15) is 4.79 Å². The first kappa shape index (κ1) is 30.0. The molecular weight excluding hydrogens is 497 g/mol. The number of carbonyl (C=O) groups excluding carboxylic acids is 1. The third kappa shape index (κ3) is 5.62. The number of nitrogens with two attached hydrogens (primary N) is 1. The van der Waals surface area contributed by atoms with Crippen LogP contribution in [0.4, 0.5) is 5.69 Å². The van der Waals surface area contributed by atoms with Gasteiger partial charge in [0.25, 0.3) is 14.2 Å². The minimum Gasteiger partial charge on any atom is -0.540 e. The maximum atomic E-state index is 13.9. The largest absolute Gasteiger partial charge is 0.540 e. The molecule has 2 fully saturated rings. The van der Waals surface area contributed by atoms with Crippen molar-refractivity contribution in [3.8, 4) is 11.5 Å². The molecule has 2 N–H and O–H groups in total. The van der Waals surface area contributed by atoms with Crippen LogP contribution in [0.25, 0.3) is 0 Å². The van der Waals surface area contributed by atoms with Crippen LogP contribution in [0.1, 0.15) is 85.5 Å². The molecule has 1 saturated carbocycles. The van der Waals surface area contributed by atoms with E-state index in [0.29, 0.717) is 57.9 Å². The number of amides is 1. The van der Waals surface area contributed by atoms with E-state index >= 15 is 0 Å². The quantitative estimate of drug-likeness (QED) is 0.243. The highest BCUT2D eigenvalue weighted by Crippen LogP contribution is 2.50. The number of nitrogen functional groups attached to an aromatic ring is 1. The molecule has 1 heterocycles. The van der Waals surface area contributed by atoms with E-state index in [1.54, 1.807) is 13.2 Å². The Morgan fingerprint density at radius 3 is 2.08 bits per heavy atom. The molecule has 1 saturated heterocycles. The summed E-state index contributed by atoms with van der Waals surface area (Å²) in [7, 11) is -2.48. The van der Waals surface area contributed by atoms with Crippen LogP contribution in [0.2, 0.25) is 34.8 Å². The number of nitrogens with zero attached hydrogens (tertiary/aromatic N) is 1. The Kier molecular flexibility index (Phi) is 8.58. The van der Waals surface area contributed by atoms with Crippen LogP contribution in [0.15, 0.2) is 12.1 Å². The second-order valence-corrected chi connectivity index (χ2v) is 23.9. The average molecular weight is 549 g/mol. The molecule has 1 aromatic rings. The molecule has 6 nitrogen and oxygen atoms in total. The van der Waals surface area contributed by atoms with Gasteiger partial charge in [0.1, 0.15) is 5.75 Å². The summed E-state index contributed by atoms with van der Waals surface area (Å²) >= 11 is 0. The van der Waals surface area contributed by atoms with Crippen molar-refractivity contribution in [1.29, 1.82) is 0 Å². The van der Waals surface area contributed by atoms with Gasteiger partial charge >= 0.3 is 0 Å². The van der Waals surface area contributed by atoms with Gasteiger partial charge in [-0.25, -0.2) is 0 Å². The number of methoxy groups -OCH3 is 1. The zero-order valence-electron chi connectivity index (χ0n) is 25.4. The molecule has 1 aliphatic carbocycles. The van der Waals surface area contributed by atoms with Crippen LogP contribution in [-0.2, 0) is 4.43 Å². The SMILES string of the molecule is COc1cc(C(=O)N2[C@H](CO[Si](C)(C)C(C)(C)C)C[C@@H]3C[C@@H]32)c(N)cc1O[Si](C(C)C)(C(C)C)C(C)C. The number of fused-ring (bicyclic) bond motifs is 1. The van der Waals surface area contributed by atoms with Gasteiger partial charge in [-0.05, 0) is 59.6 Å². The maximum absolute atomic E-state index is 13.9. The second-order valence-electron chi connectivity index (χ2n) is 13.7. The molecular formula is C29H52N2O4Si2. The van der Waals surface area contributed by atoms with Crippen molar-refractivity contribution in [2.45, 2.75) is 122 Å². The predicted octanol–water partition coefficient (Wildman–Crippen LogP) is 7.46. The number of likely N-dealkylation sites (tertiary alicyclic amines) is 1. The first-order valence-corrected chi connectivity index (χ1v) is 19.2. The van der Waals surface area contributed by atoms with Gasteiger partial charge in [-0.1, -0.05) is 62.3 Å². The lowest BCUT2D eigenvalue weighted by Gasteiger charge is -2.42. The molecule has 0 aromatic heterocycles. The molecule has 0 spiro atoms. The van der Waals surface area contributed by atoms with Gasteiger partial charge in [-0.2, -0.15) is 0 Å². The number of ether oxygens (including phenoxy) is 1. The number of hydrogen-bond donors (Lipinski definition) is 1. The lowest BCUT2D eigenvalue weighted by Crippen LogP contribution is -2.50. The Morgan fingerprint density at radius 1 is 1.03 bits per heavy atom. The minimum atomic E-state index is -2.21. The summed E-state index contributed by atoms with van der Waals surface area (Å²) in [5, 5.41) is 0.136. The van der Waals surface area contributed by atoms with Crippen LogP contribution in [0.5, 0.6) is 11.5 Å². The highest BCUT2D eigenvalue weighted by molar-refractivity contribution is 6.78. The fourth-order valence-corrected chi connectivity index (χ4v) is 12.5. The molecule has 37 heavy (non-hydrogen) atoms. The molecule has 1 aliphatic heterocycles. The van der Waals surface area contributed by atoms with E-state index < -0.39 is 16.6 Å². The number of rotatable bonds is 10. The molecule has 3 atom stereocenters. The summed E-state index contributed by atoms with van der Waals surface area (Å²) in [6, 6.07) is 4.01. The van der Waals surface area contributed by atoms with Crippen LogP contribution in [0, 0.1) is 5.92 Å². The second kappa shape index (κ2) is 10.6. The van der Waals surface area contributed by atoms with E-state index in [1.807, 2.05) is 6.07 Å². The molecule has 2 aliphatic rings. The van der Waals surface area contributed by atoms with E-state index in [1.165, 1.54) is 0 Å². The molecule has 0 radical (unpaired) electrons. The van der Waals surface area contributed by atoms with Crippen LogP contribution in [-0.4, -0.2) is 53.2 Å². The van der Waals surface area contributed by atoms with Crippen molar-refractivity contribution < 1.29 is 18.4 Å². The van der Waals surface area contributed by atoms with Gasteiger partial charge in [0.05, 0.1) is 25.3 Å². The van der Waals surface area contributed by atoms with Crippen molar-refractivity contribution in [1.82, 2.24) is 4.90 Å². The smallest absolute Gasteiger partial charge is 0.258 e. The Morgan fingerprint density at radius 2 is 1.59 bits per heavy atom. The summed E-state index contributed by atoms with van der Waals surface area (Å²) in [6.45, 7) is 25.4. The van der Waals surface area contributed by atoms with Gasteiger partial charge in [0.2, 0.25) is 0 Å². The molecule has 210 valence electrons. The van der Waals surface area contributed by atoms with Crippen molar-refractivity contribution in [2.75, 3.05) is 19.5 Å². The van der Waals surface area contributed by atoms with Crippen LogP contribution >= 0.6 is 0 Å². The lowest BCUT2D eigenvalue weighted by molar-refractivity contribution is 0.0637. The molecule has 0 unspecified atom stereocenters. The topological polar surface area (TPSA) is 74.0 Å². The Bertz CT molecular complexity index is 965. The lowest BCUT2D eigenvalue weighted by atomic mass is 10.1. The molecule has 0 bridgehead atoms. The number of benzene rings is 1. The number of carbonyl (C=O) groups is 1. The van der Waals surface area contributed by atoms with Gasteiger partial charge in [0, 0.05) is 17.8 Å². The molecule has 8 heteroatoms. The van der Waals surface area contributed by atoms with Crippen molar-refractivity contribution in [2.24, 2.45) is 5.92 Å². The summed E-state index contributed by atoms with van der Waals surface area (Å²) in [4.78, 5) is 16.0. The first-order valence-electron chi connectivity index (χ1n) is 14.1. The Hall–Kier alpha value is -1.52. The highest BCUT2D eigenvalue weighted by Gasteiger charge is 2.55. The highest BCUT2D eigenvalue weighted by atomic mass is 28.4. The van der Waals surface area contributed by atoms with Crippen LogP contribution < -0.4 is 14.9 Å². The van der Waals surface area contributed by atoms with Gasteiger partial charge in [-0.3, -0.25) is 4.79 Å². The van der Waals surface area contributed by atoms with E-state index in [-0.39, 0.29) is 17.0 Å². The summed E-state index contributed by atoms with van der Waals surface area (Å²) in [5.74, 6) is 1.80. The van der Waals surface area contributed by atoms with Gasteiger partial charge in [-0.15, -0.1) is 0 Å². The van der Waals surface area contributed by atoms with Crippen LogP contribution in [0.3, 0.4) is 0 Å². The van der Waals surface area contributed by atoms with Gasteiger partial charge < -0.3 is 24.2 Å². The summed E-state index contributed by atoms with van der Waals surface area (Å²) in [6.07, 6.45) is 2.08. The third-order valence-electron chi connectivity index (χ3n) is 9.45. The van der Waals surface area contributed by atoms with E-state index in [2.05, 4.69) is 80.3 Å². The van der Waals surface area contributed by atoms with Crippen molar-refractivity contribution in [3.05, 3.63) is 17.7 Å². The number of piperidine rings is 1. The van der Waals surface area contributed by atoms with Gasteiger partial charge in [0.15, 0.2) is 14.1 Å². The zero-order chi connectivity index (χ0) is 28.1. The maximum Gasteiger partial charge on any atom is 0.258 e. The van der Waals surface area contributed by atoms with E-state index in [4.69, 9.17) is 19.3 Å². The molecule has 3 rings (SSSR count). The number of anilines is 1. The Labute approximate surface area is 227 Å². The van der Waals surface area contributed by atoms with Crippen molar-refractivity contribution >= 4 is 28.2 Å². The monoisotopic (exact) mass is 548 g/mol. The number of hydrogen-bond acceptors (Lipinski definition) is 5. The third-order valence-corrected chi connectivity index (χ3v) is 19.9. The Balaban J connectivity index is 1.90. The summed E-state index contributed by atoms with van der Waals surface area (Å²) in [5.41, 5.74) is 8.77. The van der Waals surface area contributed by atoms with Crippen molar-refractivity contribution in [3.63, 3.8) is 0 Å². The van der Waals surface area contributed by atoms with E-state index in [0.717, 1.165) is 12.8 Å². The predicted molar refractivity (Wildman–Crippen MR) is 159 cm³/mol. The standard InChI is InChI=1S/C29H52N2O4Si2/c1-18(2)37(19(3)4,20(5)6)35-27-16-24(30)23(15-26(27)33-10)28(32)31-22(13-21-14-25(21)31)17-34-36(11,12)29(7,8)9/h15-16,18-22,25H,13-14,17,30H2,1-12H3/t21-,22+,25+/m1/s1. The average Bonchev–Trinajstić information content (AvgIpc) is 3.44. The first-order chi connectivity index (χ1) is 17.0. The molecule has 1 aromatic carbocycles. The normalized spacial score (nSPS) is 22.1. The zero-order valence-corrected chi connectivity index (χ0v) is 27.4. The minimum absolute atomic E-state index is 0.0173. The summed E-state index contributed by atoms with van der Waals surface area (Å²) < 4.78 is 19.2.